The highest BCUT2D eigenvalue weighted by Crippen LogP contribution is 2.33. The number of hydrogen-bond donors (Lipinski definition) is 0. The average molecular weight is 364 g/mol. The first-order valence-electron chi connectivity index (χ1n) is 8.80. The number of piperazine rings is 1. The van der Waals surface area contributed by atoms with Gasteiger partial charge in [-0.2, -0.15) is 0 Å². The van der Waals surface area contributed by atoms with Crippen LogP contribution in [-0.2, 0) is 0 Å². The van der Waals surface area contributed by atoms with Crippen LogP contribution in [0.25, 0.3) is 10.9 Å². The summed E-state index contributed by atoms with van der Waals surface area (Å²) in [6.07, 6.45) is 4.03. The molecule has 0 aliphatic carbocycles. The van der Waals surface area contributed by atoms with Crippen LogP contribution in [0.15, 0.2) is 24.3 Å². The molecule has 0 bridgehead atoms. The number of fused-ring (bicyclic) bond motifs is 2. The van der Waals surface area contributed by atoms with Gasteiger partial charge in [-0.15, -0.1) is 12.4 Å². The van der Waals surface area contributed by atoms with Crippen molar-refractivity contribution in [3.8, 4) is 11.5 Å². The van der Waals surface area contributed by atoms with Crippen molar-refractivity contribution in [1.82, 2.24) is 9.88 Å². The fraction of sp³-hybridized carbons (Fsp3) is 0.526. The number of benzene rings is 1. The summed E-state index contributed by atoms with van der Waals surface area (Å²) in [6.45, 7) is 4.56. The summed E-state index contributed by atoms with van der Waals surface area (Å²) in [7, 11) is 3.32. The molecule has 0 radical (unpaired) electrons. The zero-order valence-electron chi connectivity index (χ0n) is 14.9. The Morgan fingerprint density at radius 3 is 2.60 bits per heavy atom. The van der Waals surface area contributed by atoms with E-state index < -0.39 is 0 Å². The van der Waals surface area contributed by atoms with Crippen molar-refractivity contribution < 1.29 is 9.47 Å². The van der Waals surface area contributed by atoms with Crippen molar-refractivity contribution in [3.63, 3.8) is 0 Å². The van der Waals surface area contributed by atoms with Crippen molar-refractivity contribution in [2.24, 2.45) is 0 Å². The summed E-state index contributed by atoms with van der Waals surface area (Å²) >= 11 is 0. The molecule has 2 aliphatic rings. The van der Waals surface area contributed by atoms with E-state index in [2.05, 4.69) is 21.9 Å². The normalized spacial score (nSPS) is 20.7. The van der Waals surface area contributed by atoms with Gasteiger partial charge in [-0.3, -0.25) is 4.90 Å². The summed E-state index contributed by atoms with van der Waals surface area (Å²) in [4.78, 5) is 9.97. The molecule has 0 unspecified atom stereocenters. The summed E-state index contributed by atoms with van der Waals surface area (Å²) in [6, 6.07) is 8.91. The largest absolute Gasteiger partial charge is 0.493 e. The number of rotatable bonds is 3. The van der Waals surface area contributed by atoms with Gasteiger partial charge in [-0.25, -0.2) is 4.98 Å². The van der Waals surface area contributed by atoms with Crippen LogP contribution in [-0.4, -0.2) is 56.3 Å². The second-order valence-corrected chi connectivity index (χ2v) is 6.70. The number of halogens is 1. The maximum atomic E-state index is 5.42. The Bertz CT molecular complexity index is 740. The lowest BCUT2D eigenvalue weighted by atomic mass is 9.99. The number of methoxy groups -OCH3 is 2. The number of anilines is 1. The van der Waals surface area contributed by atoms with Crippen LogP contribution in [0.1, 0.15) is 19.3 Å². The highest BCUT2D eigenvalue weighted by atomic mass is 35.5. The Kier molecular flexibility index (Phi) is 5.54. The van der Waals surface area contributed by atoms with Gasteiger partial charge in [0.2, 0.25) is 0 Å². The van der Waals surface area contributed by atoms with Gasteiger partial charge in [0.15, 0.2) is 11.5 Å². The molecule has 3 heterocycles. The van der Waals surface area contributed by atoms with Crippen LogP contribution in [0, 0.1) is 0 Å². The second-order valence-electron chi connectivity index (χ2n) is 6.70. The van der Waals surface area contributed by atoms with E-state index in [0.717, 1.165) is 47.9 Å². The maximum Gasteiger partial charge on any atom is 0.162 e. The van der Waals surface area contributed by atoms with E-state index >= 15 is 0 Å². The monoisotopic (exact) mass is 363 g/mol. The van der Waals surface area contributed by atoms with Crippen molar-refractivity contribution in [3.05, 3.63) is 24.3 Å². The van der Waals surface area contributed by atoms with E-state index in [0.29, 0.717) is 6.04 Å². The van der Waals surface area contributed by atoms with Crippen molar-refractivity contribution >= 4 is 29.1 Å². The Labute approximate surface area is 155 Å². The van der Waals surface area contributed by atoms with Gasteiger partial charge in [-0.1, -0.05) is 6.42 Å². The fourth-order valence-corrected chi connectivity index (χ4v) is 3.98. The summed E-state index contributed by atoms with van der Waals surface area (Å²) < 4.78 is 10.8. The minimum Gasteiger partial charge on any atom is -0.493 e. The van der Waals surface area contributed by atoms with E-state index in [9.17, 15) is 0 Å². The highest BCUT2D eigenvalue weighted by molar-refractivity contribution is 5.85. The summed E-state index contributed by atoms with van der Waals surface area (Å²) in [5, 5.41) is 1.08. The molecule has 2 aliphatic heterocycles. The zero-order chi connectivity index (χ0) is 16.5. The third-order valence-corrected chi connectivity index (χ3v) is 5.34. The Morgan fingerprint density at radius 1 is 1.00 bits per heavy atom. The number of piperidine rings is 1. The molecule has 4 rings (SSSR count). The number of hydrogen-bond acceptors (Lipinski definition) is 5. The van der Waals surface area contributed by atoms with Gasteiger partial charge in [-0.05, 0) is 37.6 Å². The Balaban J connectivity index is 0.00000182. The SMILES string of the molecule is COc1cc2ccc(N3CCN4CCCC[C@@H]4C3)nc2cc1OC.Cl. The molecule has 2 fully saturated rings. The van der Waals surface area contributed by atoms with Crippen LogP contribution in [0.2, 0.25) is 0 Å². The fourth-order valence-electron chi connectivity index (χ4n) is 3.98. The van der Waals surface area contributed by atoms with E-state index in [1.807, 2.05) is 12.1 Å². The molecule has 0 saturated carbocycles. The summed E-state index contributed by atoms with van der Waals surface area (Å²) in [5.74, 6) is 2.54. The van der Waals surface area contributed by atoms with E-state index in [1.54, 1.807) is 14.2 Å². The molecule has 1 aromatic heterocycles. The van der Waals surface area contributed by atoms with Gasteiger partial charge in [0, 0.05) is 37.1 Å². The third kappa shape index (κ3) is 3.48. The molecule has 0 amide bonds. The van der Waals surface area contributed by atoms with Crippen LogP contribution in [0.5, 0.6) is 11.5 Å². The molecule has 25 heavy (non-hydrogen) atoms. The molecule has 2 aromatic rings. The lowest BCUT2D eigenvalue weighted by molar-refractivity contribution is 0.133. The van der Waals surface area contributed by atoms with Gasteiger partial charge in [0.1, 0.15) is 5.82 Å². The van der Waals surface area contributed by atoms with Gasteiger partial charge in [0.05, 0.1) is 19.7 Å². The van der Waals surface area contributed by atoms with E-state index in [1.165, 1.54) is 25.8 Å². The number of aromatic nitrogens is 1. The minimum absolute atomic E-state index is 0. The molecular weight excluding hydrogens is 338 g/mol. The molecule has 0 N–H and O–H groups in total. The van der Waals surface area contributed by atoms with E-state index in [-0.39, 0.29) is 12.4 Å². The maximum absolute atomic E-state index is 5.42. The van der Waals surface area contributed by atoms with Crippen LogP contribution in [0.3, 0.4) is 0 Å². The van der Waals surface area contributed by atoms with Crippen molar-refractivity contribution in [2.75, 3.05) is 45.3 Å². The Hall–Kier alpha value is -1.72. The summed E-state index contributed by atoms with van der Waals surface area (Å²) in [5.41, 5.74) is 0.955. The first kappa shape index (κ1) is 18.1. The minimum atomic E-state index is 0. The van der Waals surface area contributed by atoms with Gasteiger partial charge < -0.3 is 14.4 Å². The first-order valence-corrected chi connectivity index (χ1v) is 8.80. The molecule has 1 atom stereocenters. The van der Waals surface area contributed by atoms with Gasteiger partial charge in [0.25, 0.3) is 0 Å². The molecule has 136 valence electrons. The molecule has 0 spiro atoms. The first-order chi connectivity index (χ1) is 11.8. The van der Waals surface area contributed by atoms with Gasteiger partial charge >= 0.3 is 0 Å². The number of pyridine rings is 1. The predicted molar refractivity (Wildman–Crippen MR) is 104 cm³/mol. The van der Waals surface area contributed by atoms with Crippen LogP contribution in [0.4, 0.5) is 5.82 Å². The lowest BCUT2D eigenvalue weighted by Gasteiger charge is -2.44. The highest BCUT2D eigenvalue weighted by Gasteiger charge is 2.29. The Morgan fingerprint density at radius 2 is 1.80 bits per heavy atom. The molecule has 6 heteroatoms. The van der Waals surface area contributed by atoms with E-state index in [4.69, 9.17) is 14.5 Å². The van der Waals surface area contributed by atoms with Crippen LogP contribution >= 0.6 is 12.4 Å². The third-order valence-electron chi connectivity index (χ3n) is 5.34. The molecule has 1 aromatic carbocycles. The number of nitrogens with zero attached hydrogens (tertiary/aromatic N) is 3. The average Bonchev–Trinajstić information content (AvgIpc) is 2.66. The molecular formula is C19H26ClN3O2. The number of ether oxygens (including phenoxy) is 2. The predicted octanol–water partition coefficient (Wildman–Crippen LogP) is 3.35. The second kappa shape index (κ2) is 7.67. The zero-order valence-corrected chi connectivity index (χ0v) is 15.7. The van der Waals surface area contributed by atoms with Crippen molar-refractivity contribution in [2.45, 2.75) is 25.3 Å². The molecule has 2 saturated heterocycles. The quantitative estimate of drug-likeness (QED) is 0.836. The lowest BCUT2D eigenvalue weighted by Crippen LogP contribution is -2.55. The standard InChI is InChI=1S/C19H25N3O2.ClH/c1-23-17-11-14-6-7-19(20-16(14)12-18(17)24-2)22-10-9-21-8-4-3-5-15(21)13-22;/h6-7,11-12,15H,3-5,8-10,13H2,1-2H3;1H/t15-;/m1./s1. The molecule has 5 nitrogen and oxygen atoms in total. The van der Waals surface area contributed by atoms with Crippen molar-refractivity contribution in [1.29, 1.82) is 0 Å². The topological polar surface area (TPSA) is 37.8 Å². The smallest absolute Gasteiger partial charge is 0.162 e. The van der Waals surface area contributed by atoms with Crippen LogP contribution < -0.4 is 14.4 Å².